The number of alkyl halides is 9. The van der Waals surface area contributed by atoms with Crippen LogP contribution < -0.4 is 10.2 Å². The third-order valence-electron chi connectivity index (χ3n) is 7.81. The van der Waals surface area contributed by atoms with Gasteiger partial charge in [-0.2, -0.15) is 44.6 Å². The second-order valence-corrected chi connectivity index (χ2v) is 11.4. The predicted molar refractivity (Wildman–Crippen MR) is 172 cm³/mol. The summed E-state index contributed by atoms with van der Waals surface area (Å²) in [4.78, 5) is 0. The van der Waals surface area contributed by atoms with E-state index >= 15 is 0 Å². The summed E-state index contributed by atoms with van der Waals surface area (Å²) in [5.41, 5.74) is -1.08. The molecule has 1 heterocycles. The number of ether oxygens (including phenoxy) is 1. The third-order valence-corrected chi connectivity index (χ3v) is 7.81. The molecule has 0 saturated carbocycles. The summed E-state index contributed by atoms with van der Waals surface area (Å²) < 4.78 is 133. The molecule has 0 unspecified atom stereocenters. The van der Waals surface area contributed by atoms with E-state index < -0.39 is 40.9 Å². The molecule has 0 amide bonds. The summed E-state index contributed by atoms with van der Waals surface area (Å²) in [6, 6.07) is 24.8. The second kappa shape index (κ2) is 13.5. The summed E-state index contributed by atoms with van der Waals surface area (Å²) in [5, 5.41) is 9.89. The highest BCUT2D eigenvalue weighted by Gasteiger charge is 2.37. The van der Waals surface area contributed by atoms with Crippen LogP contribution in [0.2, 0.25) is 0 Å². The first kappa shape index (κ1) is 35.1. The minimum atomic E-state index is -5.09. The van der Waals surface area contributed by atoms with Gasteiger partial charge in [0.05, 0.1) is 39.2 Å². The molecular weight excluding hydrogens is 689 g/mol. The minimum Gasteiger partial charge on any atom is -0.457 e. The van der Waals surface area contributed by atoms with E-state index in [2.05, 4.69) is 15.7 Å². The van der Waals surface area contributed by atoms with Crippen LogP contribution in [-0.2, 0) is 24.9 Å². The van der Waals surface area contributed by atoms with E-state index in [0.717, 1.165) is 17.5 Å². The SMILES string of the molecule is C/C(=N\Nc1cc(C(F)(F)F)cc(C(F)(F)F)c1)c1c(-c2c(Oc3ccccc3)ccc3ccccc23)noc1Cc1ccc(C(F)(F)F)cc1. The van der Waals surface area contributed by atoms with E-state index in [1.807, 2.05) is 18.2 Å². The fourth-order valence-corrected chi connectivity index (χ4v) is 5.41. The molecule has 1 aromatic heterocycles. The summed E-state index contributed by atoms with van der Waals surface area (Å²) in [6.45, 7) is 1.43. The summed E-state index contributed by atoms with van der Waals surface area (Å²) in [7, 11) is 0. The number of anilines is 1. The number of benzene rings is 5. The van der Waals surface area contributed by atoms with Gasteiger partial charge in [-0.3, -0.25) is 5.43 Å². The fraction of sp³-hybridized carbons (Fsp3) is 0.135. The van der Waals surface area contributed by atoms with Crippen LogP contribution in [0, 0.1) is 0 Å². The molecule has 0 fully saturated rings. The first-order valence-corrected chi connectivity index (χ1v) is 15.1. The van der Waals surface area contributed by atoms with Crippen molar-refractivity contribution in [3.63, 3.8) is 0 Å². The normalized spacial score (nSPS) is 12.7. The van der Waals surface area contributed by atoms with Crippen LogP contribution in [0.5, 0.6) is 11.5 Å². The molecule has 1 N–H and O–H groups in total. The van der Waals surface area contributed by atoms with E-state index in [-0.39, 0.29) is 35.2 Å². The highest BCUT2D eigenvalue weighted by atomic mass is 19.4. The van der Waals surface area contributed by atoms with Crippen molar-refractivity contribution in [2.75, 3.05) is 5.43 Å². The lowest BCUT2D eigenvalue weighted by Crippen LogP contribution is -2.12. The topological polar surface area (TPSA) is 59.7 Å². The maximum atomic E-state index is 13.5. The van der Waals surface area contributed by atoms with Gasteiger partial charge in [0.25, 0.3) is 0 Å². The van der Waals surface area contributed by atoms with Crippen LogP contribution in [0.25, 0.3) is 22.0 Å². The van der Waals surface area contributed by atoms with Gasteiger partial charge in [0.2, 0.25) is 0 Å². The molecule has 0 bridgehead atoms. The molecule has 51 heavy (non-hydrogen) atoms. The average molecular weight is 714 g/mol. The first-order chi connectivity index (χ1) is 24.1. The van der Waals surface area contributed by atoms with Gasteiger partial charge in [0, 0.05) is 6.42 Å². The highest BCUT2D eigenvalue weighted by molar-refractivity contribution is 6.09. The number of hydrogen-bond acceptors (Lipinski definition) is 5. The van der Waals surface area contributed by atoms with E-state index in [1.54, 1.807) is 48.5 Å². The van der Waals surface area contributed by atoms with Crippen LogP contribution >= 0.6 is 0 Å². The Balaban J connectivity index is 1.50. The third kappa shape index (κ3) is 7.84. The maximum Gasteiger partial charge on any atom is 0.416 e. The fourth-order valence-electron chi connectivity index (χ4n) is 5.41. The van der Waals surface area contributed by atoms with Crippen molar-refractivity contribution in [2.45, 2.75) is 31.9 Å². The molecule has 6 aromatic rings. The number of rotatable bonds is 8. The minimum absolute atomic E-state index is 0.00318. The Hall–Kier alpha value is -5.79. The van der Waals surface area contributed by atoms with Crippen molar-refractivity contribution < 1.29 is 48.8 Å². The summed E-state index contributed by atoms with van der Waals surface area (Å²) in [5.74, 6) is 0.900. The number of halogens is 9. The first-order valence-electron chi connectivity index (χ1n) is 15.1. The van der Waals surface area contributed by atoms with Crippen molar-refractivity contribution in [1.29, 1.82) is 0 Å². The highest BCUT2D eigenvalue weighted by Crippen LogP contribution is 2.42. The number of hydrogen-bond donors (Lipinski definition) is 1. The van der Waals surface area contributed by atoms with E-state index in [1.165, 1.54) is 19.1 Å². The van der Waals surface area contributed by atoms with Crippen LogP contribution in [0.15, 0.2) is 119 Å². The number of aromatic nitrogens is 1. The zero-order valence-electron chi connectivity index (χ0n) is 26.2. The molecule has 0 atom stereocenters. The number of fused-ring (bicyclic) bond motifs is 1. The number of nitrogens with one attached hydrogen (secondary N) is 1. The van der Waals surface area contributed by atoms with Crippen LogP contribution in [-0.4, -0.2) is 10.9 Å². The van der Waals surface area contributed by atoms with Gasteiger partial charge in [0.1, 0.15) is 17.2 Å². The van der Waals surface area contributed by atoms with Gasteiger partial charge in [-0.25, -0.2) is 0 Å². The molecular formula is C37H24F9N3O2. The van der Waals surface area contributed by atoms with Crippen LogP contribution in [0.4, 0.5) is 45.2 Å². The number of para-hydroxylation sites is 1. The molecule has 0 radical (unpaired) electrons. The van der Waals surface area contributed by atoms with Crippen molar-refractivity contribution in [2.24, 2.45) is 5.10 Å². The van der Waals surface area contributed by atoms with Crippen molar-refractivity contribution in [1.82, 2.24) is 5.16 Å². The van der Waals surface area contributed by atoms with Crippen LogP contribution in [0.3, 0.4) is 0 Å². The van der Waals surface area contributed by atoms with Crippen molar-refractivity contribution in [3.8, 4) is 22.8 Å². The molecule has 262 valence electrons. The largest absolute Gasteiger partial charge is 0.457 e. The Morgan fingerprint density at radius 1 is 0.706 bits per heavy atom. The predicted octanol–water partition coefficient (Wildman–Crippen LogP) is 11.8. The number of hydrazone groups is 1. The molecule has 0 saturated heterocycles. The van der Waals surface area contributed by atoms with E-state index in [4.69, 9.17) is 9.26 Å². The Labute approximate surface area is 284 Å². The smallest absolute Gasteiger partial charge is 0.416 e. The van der Waals surface area contributed by atoms with Gasteiger partial charge in [-0.05, 0) is 71.8 Å². The molecule has 5 nitrogen and oxygen atoms in total. The maximum absolute atomic E-state index is 13.5. The lowest BCUT2D eigenvalue weighted by atomic mass is 9.95. The molecule has 0 aliphatic rings. The second-order valence-electron chi connectivity index (χ2n) is 11.4. The summed E-state index contributed by atoms with van der Waals surface area (Å²) >= 11 is 0. The van der Waals surface area contributed by atoms with Gasteiger partial charge in [0.15, 0.2) is 5.76 Å². The molecule has 5 aromatic carbocycles. The summed E-state index contributed by atoms with van der Waals surface area (Å²) in [6.07, 6.45) is -14.8. The standard InChI is InChI=1S/C37H24F9N3O2/c1-21(47-48-27-19-25(36(41,42)43)18-26(20-27)37(44,45)46)32-31(17-22-11-14-24(15-12-22)35(38,39)40)51-49-34(32)33-29-10-6-5-7-23(29)13-16-30(33)50-28-8-3-2-4-9-28/h2-16,18-20,48H,17H2,1H3/b47-21+. The molecule has 6 rings (SSSR count). The Morgan fingerprint density at radius 3 is 1.94 bits per heavy atom. The van der Waals surface area contributed by atoms with Crippen molar-refractivity contribution >= 4 is 22.2 Å². The Morgan fingerprint density at radius 2 is 1.31 bits per heavy atom. The Kier molecular flexibility index (Phi) is 9.27. The lowest BCUT2D eigenvalue weighted by molar-refractivity contribution is -0.143. The lowest BCUT2D eigenvalue weighted by Gasteiger charge is -2.15. The monoisotopic (exact) mass is 713 g/mol. The van der Waals surface area contributed by atoms with Gasteiger partial charge < -0.3 is 9.26 Å². The molecule has 0 spiro atoms. The zero-order chi connectivity index (χ0) is 36.6. The van der Waals surface area contributed by atoms with Gasteiger partial charge in [-0.1, -0.05) is 65.8 Å². The van der Waals surface area contributed by atoms with Gasteiger partial charge in [-0.15, -0.1) is 0 Å². The molecule has 0 aliphatic carbocycles. The van der Waals surface area contributed by atoms with E-state index in [9.17, 15) is 39.5 Å². The average Bonchev–Trinajstić information content (AvgIpc) is 3.49. The van der Waals surface area contributed by atoms with Crippen molar-refractivity contribution in [3.05, 3.63) is 143 Å². The van der Waals surface area contributed by atoms with Crippen LogP contribution in [0.1, 0.15) is 40.5 Å². The van der Waals surface area contributed by atoms with Gasteiger partial charge >= 0.3 is 18.5 Å². The zero-order valence-corrected chi connectivity index (χ0v) is 26.2. The number of nitrogens with zero attached hydrogens (tertiary/aromatic N) is 2. The quantitative estimate of drug-likeness (QED) is 0.0969. The molecule has 14 heteroatoms. The van der Waals surface area contributed by atoms with E-state index in [0.29, 0.717) is 40.1 Å². The Bertz CT molecular complexity index is 2170. The molecule has 0 aliphatic heterocycles.